The zero-order valence-electron chi connectivity index (χ0n) is 19.2. The van der Waals surface area contributed by atoms with Crippen molar-refractivity contribution in [2.45, 2.75) is 39.0 Å². The van der Waals surface area contributed by atoms with Gasteiger partial charge in [-0.1, -0.05) is 69.3 Å². The first-order valence-corrected chi connectivity index (χ1v) is 12.3. The Bertz CT molecular complexity index is 1370. The molecule has 0 radical (unpaired) electrons. The molecule has 4 heteroatoms. The molecule has 0 spiro atoms. The van der Waals surface area contributed by atoms with Crippen molar-refractivity contribution in [1.82, 2.24) is 15.0 Å². The average molecular weight is 450 g/mol. The van der Waals surface area contributed by atoms with Crippen molar-refractivity contribution < 1.29 is 0 Å². The number of aryl methyl sites for hydroxylation is 1. The second-order valence-corrected chi connectivity index (χ2v) is 9.46. The van der Waals surface area contributed by atoms with Crippen molar-refractivity contribution in [3.8, 4) is 11.1 Å². The molecule has 2 unspecified atom stereocenters. The molecule has 5 rings (SSSR count). The van der Waals surface area contributed by atoms with E-state index in [-0.39, 0.29) is 11.8 Å². The lowest BCUT2D eigenvalue weighted by molar-refractivity contribution is 0.842. The van der Waals surface area contributed by atoms with Gasteiger partial charge in [0.15, 0.2) is 0 Å². The molecule has 3 aromatic heterocycles. The number of pyridine rings is 2. The fourth-order valence-electron chi connectivity index (χ4n) is 4.20. The minimum Gasteiger partial charge on any atom is -0.261 e. The molecule has 33 heavy (non-hydrogen) atoms. The molecule has 5 aromatic rings. The van der Waals surface area contributed by atoms with E-state index < -0.39 is 0 Å². The third-order valence-corrected chi connectivity index (χ3v) is 7.58. The highest BCUT2D eigenvalue weighted by atomic mass is 32.1. The maximum Gasteiger partial charge on any atom is 0.103 e. The number of nitrogens with zero attached hydrogens (tertiary/aromatic N) is 3. The SMILES string of the molecule is CCc1cccc(C(C)c2nc3cccc(-c4ccc(C(C)c5ccccn5)cc4)c3s2)n1. The Kier molecular flexibility index (Phi) is 6.01. The minimum atomic E-state index is 0.170. The number of rotatable bonds is 6. The highest BCUT2D eigenvalue weighted by Crippen LogP contribution is 2.37. The first-order chi connectivity index (χ1) is 16.1. The van der Waals surface area contributed by atoms with Crippen LogP contribution in [0.15, 0.2) is 85.1 Å². The van der Waals surface area contributed by atoms with Crippen LogP contribution in [0.25, 0.3) is 21.3 Å². The smallest absolute Gasteiger partial charge is 0.103 e. The average Bonchev–Trinajstić information content (AvgIpc) is 3.33. The van der Waals surface area contributed by atoms with Crippen LogP contribution in [0.3, 0.4) is 0 Å². The lowest BCUT2D eigenvalue weighted by Crippen LogP contribution is -2.00. The van der Waals surface area contributed by atoms with Crippen LogP contribution < -0.4 is 0 Å². The van der Waals surface area contributed by atoms with Crippen molar-refractivity contribution in [2.75, 3.05) is 0 Å². The molecule has 3 nitrogen and oxygen atoms in total. The van der Waals surface area contributed by atoms with Gasteiger partial charge in [0, 0.05) is 29.1 Å². The van der Waals surface area contributed by atoms with Crippen LogP contribution in [0, 0.1) is 0 Å². The molecule has 0 aliphatic heterocycles. The molecule has 3 heterocycles. The summed E-state index contributed by atoms with van der Waals surface area (Å²) >= 11 is 1.78. The highest BCUT2D eigenvalue weighted by Gasteiger charge is 2.17. The van der Waals surface area contributed by atoms with Gasteiger partial charge in [-0.2, -0.15) is 0 Å². The van der Waals surface area contributed by atoms with Crippen LogP contribution in [0.5, 0.6) is 0 Å². The zero-order valence-corrected chi connectivity index (χ0v) is 20.0. The van der Waals surface area contributed by atoms with Gasteiger partial charge in [0.1, 0.15) is 5.01 Å². The molecule has 0 fully saturated rings. The number of fused-ring (bicyclic) bond motifs is 1. The number of benzene rings is 2. The van der Waals surface area contributed by atoms with Gasteiger partial charge in [0.25, 0.3) is 0 Å². The summed E-state index contributed by atoms with van der Waals surface area (Å²) in [6.45, 7) is 6.55. The Morgan fingerprint density at radius 2 is 1.55 bits per heavy atom. The topological polar surface area (TPSA) is 38.7 Å². The molecule has 0 aliphatic carbocycles. The lowest BCUT2D eigenvalue weighted by Gasteiger charge is -2.12. The van der Waals surface area contributed by atoms with Crippen LogP contribution in [0.4, 0.5) is 0 Å². The molecule has 2 atom stereocenters. The minimum absolute atomic E-state index is 0.170. The zero-order chi connectivity index (χ0) is 22.8. The third-order valence-electron chi connectivity index (χ3n) is 6.29. The van der Waals surface area contributed by atoms with Crippen LogP contribution >= 0.6 is 11.3 Å². The summed E-state index contributed by atoms with van der Waals surface area (Å²) in [4.78, 5) is 14.3. The Hall–Kier alpha value is -3.37. The van der Waals surface area contributed by atoms with E-state index in [4.69, 9.17) is 9.97 Å². The standard InChI is InChI=1S/C29H27N3S/c1-4-23-9-7-12-26(31-23)20(3)29-32-27-13-8-10-24(28(27)33-29)22-16-14-21(15-17-22)19(2)25-11-5-6-18-30-25/h5-20H,4H2,1-3H3. The van der Waals surface area contributed by atoms with Crippen LogP contribution in [0.1, 0.15) is 60.3 Å². The van der Waals surface area contributed by atoms with Gasteiger partial charge in [-0.25, -0.2) is 4.98 Å². The normalized spacial score (nSPS) is 13.2. The number of hydrogen-bond donors (Lipinski definition) is 0. The summed E-state index contributed by atoms with van der Waals surface area (Å²) in [5, 5.41) is 1.11. The molecular formula is C29H27N3S. The summed E-state index contributed by atoms with van der Waals surface area (Å²) in [5.41, 5.74) is 8.07. The van der Waals surface area contributed by atoms with Gasteiger partial charge in [-0.3, -0.25) is 9.97 Å². The van der Waals surface area contributed by atoms with Crippen LogP contribution in [-0.2, 0) is 6.42 Å². The summed E-state index contributed by atoms with van der Waals surface area (Å²) in [6.07, 6.45) is 2.80. The van der Waals surface area contributed by atoms with Gasteiger partial charge < -0.3 is 0 Å². The molecule has 0 saturated carbocycles. The van der Waals surface area contributed by atoms with E-state index in [2.05, 4.69) is 92.5 Å². The molecule has 164 valence electrons. The Morgan fingerprint density at radius 1 is 0.758 bits per heavy atom. The van der Waals surface area contributed by atoms with Crippen LogP contribution in [-0.4, -0.2) is 15.0 Å². The molecular weight excluding hydrogens is 422 g/mol. The highest BCUT2D eigenvalue weighted by molar-refractivity contribution is 7.19. The first kappa shape index (κ1) is 21.5. The van der Waals surface area contributed by atoms with E-state index in [1.165, 1.54) is 21.4 Å². The fraction of sp³-hybridized carbons (Fsp3) is 0.207. The van der Waals surface area contributed by atoms with Gasteiger partial charge in [-0.05, 0) is 47.9 Å². The quantitative estimate of drug-likeness (QED) is 0.268. The summed E-state index contributed by atoms with van der Waals surface area (Å²) in [6, 6.07) is 27.7. The van der Waals surface area contributed by atoms with E-state index in [0.717, 1.165) is 34.0 Å². The number of thiazole rings is 1. The fourth-order valence-corrected chi connectivity index (χ4v) is 5.36. The summed E-state index contributed by atoms with van der Waals surface area (Å²) in [7, 11) is 0. The molecule has 0 N–H and O–H groups in total. The number of hydrogen-bond acceptors (Lipinski definition) is 4. The first-order valence-electron chi connectivity index (χ1n) is 11.5. The van der Waals surface area contributed by atoms with Gasteiger partial charge in [0.05, 0.1) is 21.8 Å². The Morgan fingerprint density at radius 3 is 2.30 bits per heavy atom. The van der Waals surface area contributed by atoms with Crippen molar-refractivity contribution in [1.29, 1.82) is 0 Å². The molecule has 0 bridgehead atoms. The van der Waals surface area contributed by atoms with E-state index in [1.54, 1.807) is 11.3 Å². The predicted molar refractivity (Wildman–Crippen MR) is 138 cm³/mol. The van der Waals surface area contributed by atoms with E-state index in [1.807, 2.05) is 18.3 Å². The maximum absolute atomic E-state index is 4.99. The summed E-state index contributed by atoms with van der Waals surface area (Å²) < 4.78 is 1.23. The molecule has 0 amide bonds. The molecule has 0 aliphatic rings. The van der Waals surface area contributed by atoms with Gasteiger partial charge in [0.2, 0.25) is 0 Å². The second-order valence-electron chi connectivity index (χ2n) is 8.43. The van der Waals surface area contributed by atoms with E-state index >= 15 is 0 Å². The van der Waals surface area contributed by atoms with Crippen molar-refractivity contribution in [3.63, 3.8) is 0 Å². The summed E-state index contributed by atoms with van der Waals surface area (Å²) in [5.74, 6) is 0.432. The lowest BCUT2D eigenvalue weighted by atomic mass is 9.95. The van der Waals surface area contributed by atoms with E-state index in [9.17, 15) is 0 Å². The maximum atomic E-state index is 4.99. The molecule has 2 aromatic carbocycles. The van der Waals surface area contributed by atoms with E-state index in [0.29, 0.717) is 0 Å². The van der Waals surface area contributed by atoms with Gasteiger partial charge in [-0.15, -0.1) is 11.3 Å². The second kappa shape index (κ2) is 9.24. The Balaban J connectivity index is 1.47. The Labute approximate surface area is 199 Å². The largest absolute Gasteiger partial charge is 0.261 e. The molecule has 0 saturated heterocycles. The van der Waals surface area contributed by atoms with Crippen LogP contribution in [0.2, 0.25) is 0 Å². The number of aromatic nitrogens is 3. The van der Waals surface area contributed by atoms with Gasteiger partial charge >= 0.3 is 0 Å². The van der Waals surface area contributed by atoms with Crippen molar-refractivity contribution in [2.24, 2.45) is 0 Å². The monoisotopic (exact) mass is 449 g/mol. The van der Waals surface area contributed by atoms with Crippen molar-refractivity contribution in [3.05, 3.63) is 113 Å². The third kappa shape index (κ3) is 4.31. The van der Waals surface area contributed by atoms with Crippen molar-refractivity contribution >= 4 is 21.6 Å². The predicted octanol–water partition coefficient (Wildman–Crippen LogP) is 7.62.